The maximum absolute atomic E-state index is 11.9. The highest BCUT2D eigenvalue weighted by atomic mass is 16.5. The number of hydrogen-bond acceptors (Lipinski definition) is 4. The third-order valence-corrected chi connectivity index (χ3v) is 2.89. The number of ether oxygens (including phenoxy) is 1. The van der Waals surface area contributed by atoms with E-state index in [2.05, 4.69) is 11.4 Å². The maximum Gasteiger partial charge on any atom is 0.260 e. The molecule has 0 spiro atoms. The Morgan fingerprint density at radius 3 is 2.57 bits per heavy atom. The average molecular weight is 283 g/mol. The highest BCUT2D eigenvalue weighted by Crippen LogP contribution is 2.12. The number of nitrogens with one attached hydrogen (secondary N) is 1. The van der Waals surface area contributed by atoms with Gasteiger partial charge in [0, 0.05) is 5.69 Å². The summed E-state index contributed by atoms with van der Waals surface area (Å²) in [4.78, 5) is 23.7. The van der Waals surface area contributed by atoms with Crippen LogP contribution in [0.2, 0.25) is 0 Å². The zero-order valence-electron chi connectivity index (χ0n) is 11.6. The number of anilines is 1. The molecule has 107 valence electrons. The lowest BCUT2D eigenvalue weighted by Gasteiger charge is -2.06. The van der Waals surface area contributed by atoms with Crippen molar-refractivity contribution in [2.45, 2.75) is 6.42 Å². The van der Waals surface area contributed by atoms with E-state index in [0.717, 1.165) is 5.56 Å². The lowest BCUT2D eigenvalue weighted by molar-refractivity contribution is -0.119. The molecule has 3 N–H and O–H groups in total. The van der Waals surface area contributed by atoms with Crippen molar-refractivity contribution in [1.82, 2.24) is 5.32 Å². The van der Waals surface area contributed by atoms with E-state index in [9.17, 15) is 9.59 Å². The van der Waals surface area contributed by atoms with Gasteiger partial charge in [0.2, 0.25) is 5.91 Å². The van der Waals surface area contributed by atoms with Gasteiger partial charge in [-0.3, -0.25) is 14.9 Å². The SMILES string of the molecule is COc1ccc(CC(=O)NC(=O)c2[c]cccc2N)cc1. The van der Waals surface area contributed by atoms with Crippen LogP contribution in [0.5, 0.6) is 5.75 Å². The van der Waals surface area contributed by atoms with Crippen LogP contribution in [0.15, 0.2) is 42.5 Å². The van der Waals surface area contributed by atoms with Gasteiger partial charge < -0.3 is 10.5 Å². The van der Waals surface area contributed by atoms with Crippen LogP contribution in [0.25, 0.3) is 0 Å². The molecule has 0 atom stereocenters. The van der Waals surface area contributed by atoms with Gasteiger partial charge in [-0.25, -0.2) is 0 Å². The van der Waals surface area contributed by atoms with Crippen LogP contribution in [0.1, 0.15) is 15.9 Å². The standard InChI is InChI=1S/C16H15N2O3/c1-21-12-8-6-11(7-9-12)10-15(19)18-16(20)13-4-2-3-5-14(13)17/h2-3,5-9H,10,17H2,1H3,(H,18,19,20). The minimum atomic E-state index is -0.549. The highest BCUT2D eigenvalue weighted by molar-refractivity contribution is 6.07. The summed E-state index contributed by atoms with van der Waals surface area (Å²) in [5.74, 6) is -0.240. The molecule has 0 heterocycles. The second-order valence-electron chi connectivity index (χ2n) is 4.40. The van der Waals surface area contributed by atoms with E-state index < -0.39 is 11.8 Å². The minimum absolute atomic E-state index is 0.0997. The Hall–Kier alpha value is -2.82. The number of imide groups is 1. The van der Waals surface area contributed by atoms with Crippen LogP contribution >= 0.6 is 0 Å². The van der Waals surface area contributed by atoms with Crippen molar-refractivity contribution < 1.29 is 14.3 Å². The summed E-state index contributed by atoms with van der Waals surface area (Å²) >= 11 is 0. The van der Waals surface area contributed by atoms with Crippen molar-refractivity contribution in [1.29, 1.82) is 0 Å². The number of rotatable bonds is 4. The molecule has 21 heavy (non-hydrogen) atoms. The fourth-order valence-corrected chi connectivity index (χ4v) is 1.81. The average Bonchev–Trinajstić information content (AvgIpc) is 2.48. The molecule has 0 aliphatic carbocycles. The zero-order chi connectivity index (χ0) is 15.2. The van der Waals surface area contributed by atoms with Gasteiger partial charge in [0.15, 0.2) is 0 Å². The van der Waals surface area contributed by atoms with E-state index in [4.69, 9.17) is 10.5 Å². The Morgan fingerprint density at radius 1 is 1.24 bits per heavy atom. The first-order valence-corrected chi connectivity index (χ1v) is 6.33. The molecule has 0 aliphatic heterocycles. The first-order chi connectivity index (χ1) is 10.1. The molecule has 2 aromatic rings. The fraction of sp³-hybridized carbons (Fsp3) is 0.125. The van der Waals surface area contributed by atoms with Gasteiger partial charge in [-0.1, -0.05) is 24.3 Å². The second kappa shape index (κ2) is 6.56. The van der Waals surface area contributed by atoms with Crippen LogP contribution < -0.4 is 15.8 Å². The van der Waals surface area contributed by atoms with Crippen molar-refractivity contribution in [2.24, 2.45) is 0 Å². The Bertz CT molecular complexity index is 651. The molecule has 0 bridgehead atoms. The van der Waals surface area contributed by atoms with Crippen molar-refractivity contribution in [2.75, 3.05) is 12.8 Å². The van der Waals surface area contributed by atoms with E-state index in [1.807, 2.05) is 0 Å². The van der Waals surface area contributed by atoms with Gasteiger partial charge in [-0.15, -0.1) is 0 Å². The number of carbonyl (C=O) groups is 2. The van der Waals surface area contributed by atoms with Gasteiger partial charge >= 0.3 is 0 Å². The van der Waals surface area contributed by atoms with Crippen LogP contribution in [0, 0.1) is 6.07 Å². The van der Waals surface area contributed by atoms with Crippen LogP contribution in [0.3, 0.4) is 0 Å². The van der Waals surface area contributed by atoms with E-state index in [-0.39, 0.29) is 17.7 Å². The molecule has 0 saturated carbocycles. The highest BCUT2D eigenvalue weighted by Gasteiger charge is 2.13. The second-order valence-corrected chi connectivity index (χ2v) is 4.40. The number of hydrogen-bond donors (Lipinski definition) is 2. The first-order valence-electron chi connectivity index (χ1n) is 6.33. The molecular weight excluding hydrogens is 268 g/mol. The number of carbonyl (C=O) groups excluding carboxylic acids is 2. The fourth-order valence-electron chi connectivity index (χ4n) is 1.81. The molecule has 1 radical (unpaired) electrons. The molecule has 0 aromatic heterocycles. The van der Waals surface area contributed by atoms with Crippen molar-refractivity contribution in [3.8, 4) is 5.75 Å². The number of methoxy groups -OCH3 is 1. The van der Waals surface area contributed by atoms with E-state index in [1.54, 1.807) is 49.6 Å². The normalized spacial score (nSPS) is 9.95. The minimum Gasteiger partial charge on any atom is -0.497 e. The van der Waals surface area contributed by atoms with E-state index in [1.165, 1.54) is 0 Å². The maximum atomic E-state index is 11.9. The Morgan fingerprint density at radius 2 is 1.95 bits per heavy atom. The summed E-state index contributed by atoms with van der Waals surface area (Å²) in [6.07, 6.45) is 0.0997. The molecule has 5 nitrogen and oxygen atoms in total. The van der Waals surface area contributed by atoms with Gasteiger partial charge in [0.25, 0.3) is 5.91 Å². The summed E-state index contributed by atoms with van der Waals surface area (Å²) in [6.45, 7) is 0. The summed E-state index contributed by atoms with van der Waals surface area (Å²) in [7, 11) is 1.57. The number of nitrogens with two attached hydrogens (primary N) is 1. The lowest BCUT2D eigenvalue weighted by atomic mass is 10.1. The topological polar surface area (TPSA) is 81.4 Å². The van der Waals surface area contributed by atoms with E-state index >= 15 is 0 Å². The molecule has 2 aromatic carbocycles. The van der Waals surface area contributed by atoms with Crippen LogP contribution in [0.4, 0.5) is 5.69 Å². The van der Waals surface area contributed by atoms with Crippen molar-refractivity contribution in [3.05, 3.63) is 59.7 Å². The van der Waals surface area contributed by atoms with Crippen molar-refractivity contribution in [3.63, 3.8) is 0 Å². The molecule has 5 heteroatoms. The summed E-state index contributed by atoms with van der Waals surface area (Å²) in [5.41, 5.74) is 6.90. The van der Waals surface area contributed by atoms with Gasteiger partial charge in [-0.2, -0.15) is 0 Å². The van der Waals surface area contributed by atoms with Crippen LogP contribution in [-0.4, -0.2) is 18.9 Å². The summed E-state index contributed by atoms with van der Waals surface area (Å²) < 4.78 is 5.04. The van der Waals surface area contributed by atoms with Gasteiger partial charge in [0.1, 0.15) is 5.75 Å². The smallest absolute Gasteiger partial charge is 0.260 e. The Labute approximate surface area is 122 Å². The van der Waals surface area contributed by atoms with Crippen LogP contribution in [-0.2, 0) is 11.2 Å². The largest absolute Gasteiger partial charge is 0.497 e. The Balaban J connectivity index is 1.98. The summed E-state index contributed by atoms with van der Waals surface area (Å²) in [6, 6.07) is 14.6. The number of amides is 2. The number of benzene rings is 2. The molecule has 0 saturated heterocycles. The zero-order valence-corrected chi connectivity index (χ0v) is 11.6. The predicted octanol–water partition coefficient (Wildman–Crippen LogP) is 1.58. The Kier molecular flexibility index (Phi) is 4.56. The quantitative estimate of drug-likeness (QED) is 0.835. The predicted molar refractivity (Wildman–Crippen MR) is 78.9 cm³/mol. The number of nitrogen functional groups attached to an aromatic ring is 1. The van der Waals surface area contributed by atoms with Gasteiger partial charge in [-0.05, 0) is 29.8 Å². The monoisotopic (exact) mass is 283 g/mol. The van der Waals surface area contributed by atoms with Crippen molar-refractivity contribution >= 4 is 17.5 Å². The third-order valence-electron chi connectivity index (χ3n) is 2.89. The van der Waals surface area contributed by atoms with E-state index in [0.29, 0.717) is 5.75 Å². The molecule has 2 rings (SSSR count). The van der Waals surface area contributed by atoms with Gasteiger partial charge in [0.05, 0.1) is 19.1 Å². The first kappa shape index (κ1) is 14.6. The third kappa shape index (κ3) is 3.82. The summed E-state index contributed by atoms with van der Waals surface area (Å²) in [5, 5.41) is 2.29. The lowest BCUT2D eigenvalue weighted by Crippen LogP contribution is -2.32. The molecule has 0 aliphatic rings. The molecule has 0 unspecified atom stereocenters. The molecule has 0 fully saturated rings. The molecule has 2 amide bonds. The molecular formula is C16H15N2O3.